The van der Waals surface area contributed by atoms with Crippen LogP contribution in [0.5, 0.6) is 0 Å². The van der Waals surface area contributed by atoms with Gasteiger partial charge in [0.05, 0.1) is 0 Å². The highest BCUT2D eigenvalue weighted by atomic mass is 16.1. The number of amides is 1. The number of hydrogen-bond donors (Lipinski definition) is 1. The van der Waals surface area contributed by atoms with Gasteiger partial charge in [-0.2, -0.15) is 0 Å². The molecule has 4 nitrogen and oxygen atoms in total. The Morgan fingerprint density at radius 2 is 1.43 bits per heavy atom. The van der Waals surface area contributed by atoms with Crippen molar-refractivity contribution in [1.29, 1.82) is 0 Å². The van der Waals surface area contributed by atoms with Crippen molar-refractivity contribution in [3.05, 3.63) is 12.2 Å². The highest BCUT2D eigenvalue weighted by molar-refractivity contribution is 5.96. The normalized spacial score (nSPS) is 9.07. The minimum atomic E-state index is -0.211. The molecule has 0 aliphatic rings. The van der Waals surface area contributed by atoms with E-state index >= 15 is 0 Å². The lowest BCUT2D eigenvalue weighted by molar-refractivity contribution is -0.118. The van der Waals surface area contributed by atoms with Crippen molar-refractivity contribution >= 4 is 17.5 Å². The maximum absolute atomic E-state index is 10.1. The van der Waals surface area contributed by atoms with Gasteiger partial charge in [-0.25, -0.2) is 0 Å². The first kappa shape index (κ1) is 15.0. The van der Waals surface area contributed by atoms with E-state index in [4.69, 9.17) is 5.73 Å². The first-order chi connectivity index (χ1) is 6.40. The Balaban J connectivity index is 0. The fourth-order valence-electron chi connectivity index (χ4n) is 0.481. The van der Waals surface area contributed by atoms with Gasteiger partial charge >= 0.3 is 0 Å². The molecule has 0 atom stereocenters. The molecular formula is C10H17NO3. The van der Waals surface area contributed by atoms with Crippen LogP contribution in [-0.2, 0) is 14.4 Å². The number of rotatable bonds is 4. The van der Waals surface area contributed by atoms with Crippen molar-refractivity contribution in [3.63, 3.8) is 0 Å². The number of primary amides is 1. The number of allylic oxidation sites excluding steroid dienone is 2. The van der Waals surface area contributed by atoms with Gasteiger partial charge in [0, 0.05) is 6.42 Å². The number of carbonyl (C=O) groups is 3. The zero-order valence-electron chi connectivity index (χ0n) is 8.87. The molecule has 0 rings (SSSR count). The monoisotopic (exact) mass is 199 g/mol. The Kier molecular flexibility index (Phi) is 10.4. The molecule has 0 heterocycles. The quantitative estimate of drug-likeness (QED) is 0.686. The van der Waals surface area contributed by atoms with Crippen LogP contribution in [0.3, 0.4) is 0 Å². The molecule has 0 aromatic carbocycles. The smallest absolute Gasteiger partial charge is 0.217 e. The summed E-state index contributed by atoms with van der Waals surface area (Å²) in [4.78, 5) is 30.0. The Morgan fingerprint density at radius 3 is 1.50 bits per heavy atom. The van der Waals surface area contributed by atoms with Gasteiger partial charge in [-0.1, -0.05) is 6.92 Å². The number of carbonyl (C=O) groups excluding carboxylic acids is 3. The number of ketones is 2. The molecule has 0 aromatic heterocycles. The van der Waals surface area contributed by atoms with Crippen molar-refractivity contribution in [1.82, 2.24) is 0 Å². The van der Waals surface area contributed by atoms with Crippen molar-refractivity contribution in [2.24, 2.45) is 5.73 Å². The molecule has 1 amide bonds. The molecule has 80 valence electrons. The first-order valence-electron chi connectivity index (χ1n) is 4.37. The maximum atomic E-state index is 10.1. The van der Waals surface area contributed by atoms with E-state index in [9.17, 15) is 14.4 Å². The minimum Gasteiger partial charge on any atom is -0.370 e. The van der Waals surface area contributed by atoms with Crippen LogP contribution >= 0.6 is 0 Å². The van der Waals surface area contributed by atoms with Crippen molar-refractivity contribution in [2.75, 3.05) is 0 Å². The average molecular weight is 199 g/mol. The molecule has 0 bridgehead atoms. The fourth-order valence-corrected chi connectivity index (χ4v) is 0.481. The summed E-state index contributed by atoms with van der Waals surface area (Å²) in [5.74, 6) is -0.405. The molecule has 14 heavy (non-hydrogen) atoms. The lowest BCUT2D eigenvalue weighted by atomic mass is 10.3. The van der Waals surface area contributed by atoms with Gasteiger partial charge in [-0.3, -0.25) is 14.4 Å². The van der Waals surface area contributed by atoms with E-state index in [2.05, 4.69) is 0 Å². The Labute approximate surface area is 84.2 Å². The van der Waals surface area contributed by atoms with Crippen molar-refractivity contribution in [3.8, 4) is 0 Å². The van der Waals surface area contributed by atoms with E-state index in [0.717, 1.165) is 6.42 Å². The highest BCUT2D eigenvalue weighted by Crippen LogP contribution is 1.79. The lowest BCUT2D eigenvalue weighted by Gasteiger charge is -1.81. The predicted molar refractivity (Wildman–Crippen MR) is 54.6 cm³/mol. The second kappa shape index (κ2) is 9.64. The van der Waals surface area contributed by atoms with E-state index < -0.39 is 0 Å². The Bertz CT molecular complexity index is 216. The summed E-state index contributed by atoms with van der Waals surface area (Å²) in [6, 6.07) is 0. The van der Waals surface area contributed by atoms with Gasteiger partial charge in [0.1, 0.15) is 0 Å². The lowest BCUT2D eigenvalue weighted by Crippen LogP contribution is -2.08. The molecule has 0 fully saturated rings. The molecule has 4 heteroatoms. The summed E-state index contributed by atoms with van der Waals surface area (Å²) in [5, 5.41) is 0. The molecule has 0 unspecified atom stereocenters. The largest absolute Gasteiger partial charge is 0.370 e. The van der Waals surface area contributed by atoms with Crippen LogP contribution in [0.1, 0.15) is 33.6 Å². The third-order valence-electron chi connectivity index (χ3n) is 1.05. The van der Waals surface area contributed by atoms with E-state index in [1.165, 1.54) is 26.0 Å². The van der Waals surface area contributed by atoms with Crippen molar-refractivity contribution in [2.45, 2.75) is 33.6 Å². The van der Waals surface area contributed by atoms with Gasteiger partial charge < -0.3 is 5.73 Å². The molecule has 0 spiro atoms. The zero-order chi connectivity index (χ0) is 11.6. The van der Waals surface area contributed by atoms with Crippen LogP contribution in [0, 0.1) is 0 Å². The van der Waals surface area contributed by atoms with Gasteiger partial charge in [0.2, 0.25) is 5.91 Å². The van der Waals surface area contributed by atoms with Crippen LogP contribution in [0.4, 0.5) is 0 Å². The predicted octanol–water partition coefficient (Wildman–Crippen LogP) is 0.992. The third kappa shape index (κ3) is 22.4. The van der Waals surface area contributed by atoms with Gasteiger partial charge in [-0.05, 0) is 32.4 Å². The topological polar surface area (TPSA) is 77.2 Å². The molecule has 0 radical (unpaired) electrons. The first-order valence-corrected chi connectivity index (χ1v) is 4.37. The van der Waals surface area contributed by atoms with Gasteiger partial charge in [-0.15, -0.1) is 0 Å². The molecule has 0 saturated heterocycles. The van der Waals surface area contributed by atoms with Crippen LogP contribution in [-0.4, -0.2) is 17.5 Å². The van der Waals surface area contributed by atoms with Crippen molar-refractivity contribution < 1.29 is 14.4 Å². The van der Waals surface area contributed by atoms with Gasteiger partial charge in [0.15, 0.2) is 11.6 Å². The van der Waals surface area contributed by atoms with Crippen LogP contribution in [0.15, 0.2) is 12.2 Å². The van der Waals surface area contributed by atoms with Crippen LogP contribution < -0.4 is 5.73 Å². The number of hydrogen-bond acceptors (Lipinski definition) is 3. The number of nitrogens with two attached hydrogens (primary N) is 1. The van der Waals surface area contributed by atoms with Crippen LogP contribution in [0.2, 0.25) is 0 Å². The molecular weight excluding hydrogens is 182 g/mol. The van der Waals surface area contributed by atoms with E-state index in [1.54, 1.807) is 0 Å². The summed E-state index contributed by atoms with van der Waals surface area (Å²) in [6.07, 6.45) is 3.88. The van der Waals surface area contributed by atoms with Gasteiger partial charge in [0.25, 0.3) is 0 Å². The van der Waals surface area contributed by atoms with Crippen LogP contribution in [0.25, 0.3) is 0 Å². The minimum absolute atomic E-state index is 0.0970. The molecule has 0 aromatic rings. The summed E-state index contributed by atoms with van der Waals surface area (Å²) < 4.78 is 0. The zero-order valence-corrected chi connectivity index (χ0v) is 8.87. The second-order valence-corrected chi connectivity index (χ2v) is 2.77. The SMILES string of the molecule is CC(=O)/C=C\C(C)=O.CCCC(N)=O. The van der Waals surface area contributed by atoms with E-state index in [0.29, 0.717) is 6.42 Å². The average Bonchev–Trinajstić information content (AvgIpc) is 2.01. The highest BCUT2D eigenvalue weighted by Gasteiger charge is 1.84. The Hall–Kier alpha value is -1.45. The summed E-state index contributed by atoms with van der Waals surface area (Å²) >= 11 is 0. The maximum Gasteiger partial charge on any atom is 0.217 e. The summed E-state index contributed by atoms with van der Waals surface area (Å²) in [5.41, 5.74) is 4.76. The summed E-state index contributed by atoms with van der Waals surface area (Å²) in [6.45, 7) is 4.73. The molecule has 0 aliphatic carbocycles. The third-order valence-corrected chi connectivity index (χ3v) is 1.05. The second-order valence-electron chi connectivity index (χ2n) is 2.77. The standard InChI is InChI=1S/C6H8O2.C4H9NO/c1-5(7)3-4-6(2)8;1-2-3-4(5)6/h3-4H,1-2H3;2-3H2,1H3,(H2,5,6)/b4-3-;. The van der Waals surface area contributed by atoms with E-state index in [1.807, 2.05) is 6.92 Å². The summed E-state index contributed by atoms with van der Waals surface area (Å²) in [7, 11) is 0. The van der Waals surface area contributed by atoms with E-state index in [-0.39, 0.29) is 17.5 Å². The fraction of sp³-hybridized carbons (Fsp3) is 0.500. The molecule has 0 saturated carbocycles. The molecule has 0 aliphatic heterocycles. The molecule has 2 N–H and O–H groups in total. The Morgan fingerprint density at radius 1 is 1.07 bits per heavy atom.